The van der Waals surface area contributed by atoms with E-state index < -0.39 is 0 Å². The minimum atomic E-state index is -0.276. The van der Waals surface area contributed by atoms with Crippen LogP contribution in [-0.2, 0) is 11.3 Å². The van der Waals surface area contributed by atoms with Gasteiger partial charge in [-0.05, 0) is 38.1 Å². The molecule has 2 aromatic carbocycles. The molecule has 0 bridgehead atoms. The van der Waals surface area contributed by atoms with Crippen molar-refractivity contribution in [1.82, 2.24) is 20.4 Å². The fourth-order valence-electron chi connectivity index (χ4n) is 3.18. The van der Waals surface area contributed by atoms with Gasteiger partial charge in [0.05, 0.1) is 17.9 Å². The molecular weight excluding hydrogens is 394 g/mol. The molecule has 0 saturated heterocycles. The summed E-state index contributed by atoms with van der Waals surface area (Å²) in [5.74, 6) is 0.475. The molecule has 162 valence electrons. The average molecular weight is 422 g/mol. The Kier molecular flexibility index (Phi) is 7.26. The molecule has 1 aromatic heterocycles. The molecule has 0 saturated carbocycles. The van der Waals surface area contributed by atoms with Gasteiger partial charge in [0.25, 0.3) is 0 Å². The standard InChI is InChI=1S/C23H27N5O3/c1-16-22(17(2)28(27-16)20-9-5-4-6-10-20)15-25-23(30)24-12-13-31-21-11-7-8-19(14-21)26-18(3)29/h4-11,14H,12-13,15H2,1-3H3,(H,26,29)(H2,24,25,30). The van der Waals surface area contributed by atoms with Gasteiger partial charge in [-0.2, -0.15) is 5.10 Å². The maximum absolute atomic E-state index is 12.2. The van der Waals surface area contributed by atoms with E-state index in [1.54, 1.807) is 24.3 Å². The molecule has 0 spiro atoms. The molecule has 0 radical (unpaired) electrons. The Labute approximate surface area is 181 Å². The van der Waals surface area contributed by atoms with Crippen LogP contribution < -0.4 is 20.7 Å². The Hall–Kier alpha value is -3.81. The number of para-hydroxylation sites is 1. The van der Waals surface area contributed by atoms with E-state index in [0.29, 0.717) is 31.1 Å². The number of carbonyl (C=O) groups is 2. The van der Waals surface area contributed by atoms with E-state index >= 15 is 0 Å². The Morgan fingerprint density at radius 2 is 1.81 bits per heavy atom. The highest BCUT2D eigenvalue weighted by atomic mass is 16.5. The summed E-state index contributed by atoms with van der Waals surface area (Å²) in [6, 6.07) is 16.7. The summed E-state index contributed by atoms with van der Waals surface area (Å²) in [5.41, 5.74) is 4.51. The van der Waals surface area contributed by atoms with E-state index in [0.717, 1.165) is 22.6 Å². The van der Waals surface area contributed by atoms with Crippen molar-refractivity contribution < 1.29 is 14.3 Å². The van der Waals surface area contributed by atoms with Crippen molar-refractivity contribution in [1.29, 1.82) is 0 Å². The Morgan fingerprint density at radius 1 is 1.03 bits per heavy atom. The SMILES string of the molecule is CC(=O)Nc1cccc(OCCNC(=O)NCc2c(C)nn(-c3ccccc3)c2C)c1. The first-order chi connectivity index (χ1) is 14.9. The minimum absolute atomic E-state index is 0.143. The van der Waals surface area contributed by atoms with E-state index in [-0.39, 0.29) is 11.9 Å². The summed E-state index contributed by atoms with van der Waals surface area (Å²) in [6.45, 7) is 6.41. The number of nitrogens with zero attached hydrogens (tertiary/aromatic N) is 2. The lowest BCUT2D eigenvalue weighted by atomic mass is 10.2. The average Bonchev–Trinajstić information content (AvgIpc) is 3.03. The fourth-order valence-corrected chi connectivity index (χ4v) is 3.18. The van der Waals surface area contributed by atoms with Crippen molar-refractivity contribution in [3.8, 4) is 11.4 Å². The minimum Gasteiger partial charge on any atom is -0.492 e. The molecule has 3 aromatic rings. The molecule has 0 atom stereocenters. The molecular formula is C23H27N5O3. The molecule has 3 rings (SSSR count). The number of benzene rings is 2. The van der Waals surface area contributed by atoms with Gasteiger partial charge < -0.3 is 20.7 Å². The largest absolute Gasteiger partial charge is 0.492 e. The third-order valence-corrected chi connectivity index (χ3v) is 4.68. The van der Waals surface area contributed by atoms with Crippen LogP contribution >= 0.6 is 0 Å². The smallest absolute Gasteiger partial charge is 0.315 e. The highest BCUT2D eigenvalue weighted by molar-refractivity contribution is 5.88. The number of hydrogen-bond donors (Lipinski definition) is 3. The van der Waals surface area contributed by atoms with Gasteiger partial charge in [-0.3, -0.25) is 4.79 Å². The second kappa shape index (κ2) is 10.3. The lowest BCUT2D eigenvalue weighted by Crippen LogP contribution is -2.37. The van der Waals surface area contributed by atoms with Crippen LogP contribution in [0.4, 0.5) is 10.5 Å². The highest BCUT2D eigenvalue weighted by Gasteiger charge is 2.13. The zero-order chi connectivity index (χ0) is 22.2. The second-order valence-electron chi connectivity index (χ2n) is 7.06. The summed E-state index contributed by atoms with van der Waals surface area (Å²) < 4.78 is 7.51. The third kappa shape index (κ3) is 6.08. The molecule has 0 aliphatic carbocycles. The summed E-state index contributed by atoms with van der Waals surface area (Å²) >= 11 is 0. The summed E-state index contributed by atoms with van der Waals surface area (Å²) in [4.78, 5) is 23.3. The van der Waals surface area contributed by atoms with Crippen molar-refractivity contribution in [2.45, 2.75) is 27.3 Å². The second-order valence-corrected chi connectivity index (χ2v) is 7.06. The van der Waals surface area contributed by atoms with E-state index in [2.05, 4.69) is 21.0 Å². The zero-order valence-corrected chi connectivity index (χ0v) is 17.9. The molecule has 3 N–H and O–H groups in total. The summed E-state index contributed by atoms with van der Waals surface area (Å²) in [5, 5.41) is 12.9. The van der Waals surface area contributed by atoms with Gasteiger partial charge in [0.1, 0.15) is 12.4 Å². The Bertz CT molecular complexity index is 1050. The number of rotatable bonds is 8. The molecule has 0 unspecified atom stereocenters. The topological polar surface area (TPSA) is 97.3 Å². The normalized spacial score (nSPS) is 10.4. The van der Waals surface area contributed by atoms with Gasteiger partial charge in [0.2, 0.25) is 5.91 Å². The Balaban J connectivity index is 1.45. The van der Waals surface area contributed by atoms with Crippen molar-refractivity contribution in [2.24, 2.45) is 0 Å². The van der Waals surface area contributed by atoms with Crippen molar-refractivity contribution >= 4 is 17.6 Å². The molecule has 31 heavy (non-hydrogen) atoms. The van der Waals surface area contributed by atoms with Crippen molar-refractivity contribution in [3.63, 3.8) is 0 Å². The van der Waals surface area contributed by atoms with Crippen molar-refractivity contribution in [3.05, 3.63) is 71.5 Å². The monoisotopic (exact) mass is 421 g/mol. The van der Waals surface area contributed by atoms with Gasteiger partial charge in [-0.1, -0.05) is 24.3 Å². The number of hydrogen-bond acceptors (Lipinski definition) is 4. The van der Waals surface area contributed by atoms with Crippen LogP contribution in [-0.4, -0.2) is 34.9 Å². The number of urea groups is 1. The van der Waals surface area contributed by atoms with Gasteiger partial charge in [-0.15, -0.1) is 0 Å². The van der Waals surface area contributed by atoms with E-state index in [1.165, 1.54) is 6.92 Å². The summed E-state index contributed by atoms with van der Waals surface area (Å²) in [6.07, 6.45) is 0. The first kappa shape index (κ1) is 21.9. The van der Waals surface area contributed by atoms with Crippen LogP contribution in [0.5, 0.6) is 5.75 Å². The lowest BCUT2D eigenvalue weighted by Gasteiger charge is -2.10. The van der Waals surface area contributed by atoms with Gasteiger partial charge in [0, 0.05) is 36.5 Å². The van der Waals surface area contributed by atoms with E-state index in [4.69, 9.17) is 4.74 Å². The number of carbonyl (C=O) groups excluding carboxylic acids is 2. The quantitative estimate of drug-likeness (QED) is 0.486. The summed E-state index contributed by atoms with van der Waals surface area (Å²) in [7, 11) is 0. The predicted molar refractivity (Wildman–Crippen MR) is 120 cm³/mol. The van der Waals surface area contributed by atoms with Crippen LogP contribution in [0.3, 0.4) is 0 Å². The molecule has 1 heterocycles. The molecule has 8 nitrogen and oxygen atoms in total. The molecule has 0 aliphatic rings. The lowest BCUT2D eigenvalue weighted by molar-refractivity contribution is -0.114. The van der Waals surface area contributed by atoms with E-state index in [9.17, 15) is 9.59 Å². The van der Waals surface area contributed by atoms with Crippen LogP contribution in [0.25, 0.3) is 5.69 Å². The highest BCUT2D eigenvalue weighted by Crippen LogP contribution is 2.18. The third-order valence-electron chi connectivity index (χ3n) is 4.68. The van der Waals surface area contributed by atoms with Crippen LogP contribution in [0, 0.1) is 13.8 Å². The van der Waals surface area contributed by atoms with Gasteiger partial charge >= 0.3 is 6.03 Å². The molecule has 0 fully saturated rings. The number of nitrogens with one attached hydrogen (secondary N) is 3. The Morgan fingerprint density at radius 3 is 2.55 bits per heavy atom. The molecule has 8 heteroatoms. The molecule has 0 aliphatic heterocycles. The first-order valence-electron chi connectivity index (χ1n) is 10.1. The predicted octanol–water partition coefficient (Wildman–Crippen LogP) is 3.33. The number of ether oxygens (including phenoxy) is 1. The number of amides is 3. The van der Waals surface area contributed by atoms with Gasteiger partial charge in [-0.25, -0.2) is 9.48 Å². The van der Waals surface area contributed by atoms with Gasteiger partial charge in [0.15, 0.2) is 0 Å². The van der Waals surface area contributed by atoms with Crippen LogP contribution in [0.1, 0.15) is 23.9 Å². The van der Waals surface area contributed by atoms with E-state index in [1.807, 2.05) is 48.9 Å². The number of aromatic nitrogens is 2. The number of anilines is 1. The van der Waals surface area contributed by atoms with Crippen LogP contribution in [0.15, 0.2) is 54.6 Å². The zero-order valence-electron chi connectivity index (χ0n) is 17.9. The molecule has 3 amide bonds. The first-order valence-corrected chi connectivity index (χ1v) is 10.1. The maximum atomic E-state index is 12.2. The fraction of sp³-hybridized carbons (Fsp3) is 0.261. The van der Waals surface area contributed by atoms with Crippen LogP contribution in [0.2, 0.25) is 0 Å². The number of aryl methyl sites for hydroxylation is 1. The maximum Gasteiger partial charge on any atom is 0.315 e. The van der Waals surface area contributed by atoms with Crippen molar-refractivity contribution in [2.75, 3.05) is 18.5 Å².